The third kappa shape index (κ3) is 4.92. The predicted octanol–water partition coefficient (Wildman–Crippen LogP) is 4.24. The van der Waals surface area contributed by atoms with Crippen LogP contribution in [-0.4, -0.2) is 43.8 Å². The molecule has 1 aromatic heterocycles. The summed E-state index contributed by atoms with van der Waals surface area (Å²) in [5, 5.41) is 4.67. The standard InChI is InChI=1S/C21H22FN3O4S2/c1-4-25(5-2)31(27,28)16-8-6-7-15(11-16)20(26)24-21-23-18(13-30-21)14-9-10-19(29-3)17(22)12-14/h6-13H,4-5H2,1-3H3,(H,23,24,26). The minimum Gasteiger partial charge on any atom is -0.494 e. The number of halogens is 1. The first kappa shape index (κ1) is 22.9. The first-order valence-electron chi connectivity index (χ1n) is 9.51. The molecule has 0 bridgehead atoms. The molecule has 31 heavy (non-hydrogen) atoms. The van der Waals surface area contributed by atoms with Crippen LogP contribution in [0.15, 0.2) is 52.7 Å². The minimum absolute atomic E-state index is 0.0531. The third-order valence-electron chi connectivity index (χ3n) is 4.61. The third-order valence-corrected chi connectivity index (χ3v) is 7.42. The van der Waals surface area contributed by atoms with Gasteiger partial charge >= 0.3 is 0 Å². The van der Waals surface area contributed by atoms with Gasteiger partial charge in [0.1, 0.15) is 0 Å². The van der Waals surface area contributed by atoms with Crippen LogP contribution in [0.5, 0.6) is 5.75 Å². The molecule has 1 N–H and O–H groups in total. The molecule has 164 valence electrons. The summed E-state index contributed by atoms with van der Waals surface area (Å²) in [7, 11) is -2.29. The van der Waals surface area contributed by atoms with Crippen LogP contribution < -0.4 is 10.1 Å². The smallest absolute Gasteiger partial charge is 0.257 e. The highest BCUT2D eigenvalue weighted by molar-refractivity contribution is 7.89. The first-order chi connectivity index (χ1) is 14.8. The zero-order chi connectivity index (χ0) is 22.6. The van der Waals surface area contributed by atoms with Gasteiger partial charge in [-0.15, -0.1) is 11.3 Å². The molecule has 2 aromatic carbocycles. The van der Waals surface area contributed by atoms with Crippen molar-refractivity contribution in [2.45, 2.75) is 18.7 Å². The molecule has 0 radical (unpaired) electrons. The maximum atomic E-state index is 13.9. The number of nitrogens with zero attached hydrogens (tertiary/aromatic N) is 2. The molecule has 0 atom stereocenters. The lowest BCUT2D eigenvalue weighted by Crippen LogP contribution is -2.30. The van der Waals surface area contributed by atoms with Gasteiger partial charge in [-0.05, 0) is 36.4 Å². The Hall–Kier alpha value is -2.82. The van der Waals surface area contributed by atoms with Crippen molar-refractivity contribution in [1.29, 1.82) is 0 Å². The van der Waals surface area contributed by atoms with Crippen molar-refractivity contribution >= 4 is 32.4 Å². The van der Waals surface area contributed by atoms with E-state index in [1.165, 1.54) is 59.2 Å². The van der Waals surface area contributed by atoms with E-state index in [4.69, 9.17) is 4.74 Å². The zero-order valence-corrected chi connectivity index (χ0v) is 18.9. The van der Waals surface area contributed by atoms with E-state index in [2.05, 4.69) is 10.3 Å². The molecule has 0 aliphatic carbocycles. The molecule has 7 nitrogen and oxygen atoms in total. The summed E-state index contributed by atoms with van der Waals surface area (Å²) < 4.78 is 45.6. The fourth-order valence-corrected chi connectivity index (χ4v) is 5.19. The molecule has 0 aliphatic heterocycles. The Balaban J connectivity index is 1.79. The molecular formula is C21H22FN3O4S2. The molecule has 3 aromatic rings. The summed E-state index contributed by atoms with van der Waals surface area (Å²) >= 11 is 1.18. The van der Waals surface area contributed by atoms with E-state index in [0.717, 1.165) is 0 Å². The van der Waals surface area contributed by atoms with Gasteiger partial charge in [0.05, 0.1) is 17.7 Å². The molecule has 0 fully saturated rings. The van der Waals surface area contributed by atoms with Crippen LogP contribution in [0.25, 0.3) is 11.3 Å². The summed E-state index contributed by atoms with van der Waals surface area (Å²) in [6, 6.07) is 10.3. The van der Waals surface area contributed by atoms with Crippen LogP contribution in [0, 0.1) is 5.82 Å². The molecule has 1 heterocycles. The van der Waals surface area contributed by atoms with Crippen LogP contribution in [0.3, 0.4) is 0 Å². The van der Waals surface area contributed by atoms with Gasteiger partial charge in [0.25, 0.3) is 5.91 Å². The number of rotatable bonds is 8. The number of hydrogen-bond donors (Lipinski definition) is 1. The maximum absolute atomic E-state index is 13.9. The van der Waals surface area contributed by atoms with Crippen LogP contribution >= 0.6 is 11.3 Å². The average Bonchev–Trinajstić information content (AvgIpc) is 3.23. The molecule has 0 aliphatic rings. The van der Waals surface area contributed by atoms with Gasteiger partial charge in [-0.1, -0.05) is 19.9 Å². The number of amides is 1. The number of sulfonamides is 1. The molecular weight excluding hydrogens is 441 g/mol. The van der Waals surface area contributed by atoms with Crippen molar-refractivity contribution < 1.29 is 22.3 Å². The Kier molecular flexibility index (Phi) is 7.04. The van der Waals surface area contributed by atoms with E-state index >= 15 is 0 Å². The molecule has 1 amide bonds. The van der Waals surface area contributed by atoms with Crippen molar-refractivity contribution in [3.8, 4) is 17.0 Å². The largest absolute Gasteiger partial charge is 0.494 e. The van der Waals surface area contributed by atoms with Gasteiger partial charge in [-0.25, -0.2) is 17.8 Å². The Morgan fingerprint density at radius 2 is 1.94 bits per heavy atom. The summed E-state index contributed by atoms with van der Waals surface area (Å²) in [6.45, 7) is 4.19. The number of thiazole rings is 1. The Bertz CT molecular complexity index is 1190. The average molecular weight is 464 g/mol. The number of anilines is 1. The predicted molar refractivity (Wildman–Crippen MR) is 119 cm³/mol. The van der Waals surface area contributed by atoms with E-state index in [0.29, 0.717) is 29.5 Å². The summed E-state index contributed by atoms with van der Waals surface area (Å²) in [5.41, 5.74) is 1.24. The van der Waals surface area contributed by atoms with Gasteiger partial charge in [-0.3, -0.25) is 10.1 Å². The maximum Gasteiger partial charge on any atom is 0.257 e. The van der Waals surface area contributed by atoms with Gasteiger partial charge < -0.3 is 4.74 Å². The van der Waals surface area contributed by atoms with E-state index in [-0.39, 0.29) is 16.2 Å². The number of ether oxygens (including phenoxy) is 1. The van der Waals surface area contributed by atoms with Crippen LogP contribution in [-0.2, 0) is 10.0 Å². The van der Waals surface area contributed by atoms with Crippen LogP contribution in [0.2, 0.25) is 0 Å². The van der Waals surface area contributed by atoms with Crippen molar-refractivity contribution in [3.63, 3.8) is 0 Å². The Morgan fingerprint density at radius 1 is 1.19 bits per heavy atom. The van der Waals surface area contributed by atoms with Gasteiger partial charge in [0.15, 0.2) is 16.7 Å². The second kappa shape index (κ2) is 9.54. The molecule has 0 unspecified atom stereocenters. The second-order valence-corrected chi connectivity index (χ2v) is 9.25. The SMILES string of the molecule is CCN(CC)S(=O)(=O)c1cccc(C(=O)Nc2nc(-c3ccc(OC)c(F)c3)cs2)c1. The first-order valence-corrected chi connectivity index (χ1v) is 11.8. The number of nitrogens with one attached hydrogen (secondary N) is 1. The summed E-state index contributed by atoms with van der Waals surface area (Å²) in [5.74, 6) is -0.865. The number of benzene rings is 2. The second-order valence-electron chi connectivity index (χ2n) is 6.46. The highest BCUT2D eigenvalue weighted by Crippen LogP contribution is 2.28. The number of aromatic nitrogens is 1. The van der Waals surface area contributed by atoms with E-state index in [1.807, 2.05) is 0 Å². The van der Waals surface area contributed by atoms with Gasteiger partial charge in [0.2, 0.25) is 10.0 Å². The highest BCUT2D eigenvalue weighted by atomic mass is 32.2. The molecule has 3 rings (SSSR count). The number of methoxy groups -OCH3 is 1. The number of carbonyl (C=O) groups excluding carboxylic acids is 1. The fraction of sp³-hybridized carbons (Fsp3) is 0.238. The Labute approximate surface area is 184 Å². The quantitative estimate of drug-likeness (QED) is 0.540. The monoisotopic (exact) mass is 463 g/mol. The molecule has 0 saturated heterocycles. The van der Waals surface area contributed by atoms with E-state index in [1.54, 1.807) is 25.3 Å². The normalized spacial score (nSPS) is 11.5. The summed E-state index contributed by atoms with van der Waals surface area (Å²) in [4.78, 5) is 17.0. The molecule has 10 heteroatoms. The van der Waals surface area contributed by atoms with Crippen LogP contribution in [0.4, 0.5) is 9.52 Å². The van der Waals surface area contributed by atoms with E-state index < -0.39 is 21.7 Å². The lowest BCUT2D eigenvalue weighted by molar-refractivity contribution is 0.102. The molecule has 0 spiro atoms. The Morgan fingerprint density at radius 3 is 2.58 bits per heavy atom. The molecule has 0 saturated carbocycles. The zero-order valence-electron chi connectivity index (χ0n) is 17.3. The van der Waals surface area contributed by atoms with Crippen molar-refractivity contribution in [3.05, 3.63) is 59.2 Å². The van der Waals surface area contributed by atoms with Crippen LogP contribution in [0.1, 0.15) is 24.2 Å². The van der Waals surface area contributed by atoms with Crippen molar-refractivity contribution in [2.24, 2.45) is 0 Å². The minimum atomic E-state index is -3.68. The van der Waals surface area contributed by atoms with E-state index in [9.17, 15) is 17.6 Å². The highest BCUT2D eigenvalue weighted by Gasteiger charge is 2.22. The fourth-order valence-electron chi connectivity index (χ4n) is 2.97. The lowest BCUT2D eigenvalue weighted by atomic mass is 10.1. The van der Waals surface area contributed by atoms with Crippen molar-refractivity contribution in [1.82, 2.24) is 9.29 Å². The number of hydrogen-bond acceptors (Lipinski definition) is 6. The topological polar surface area (TPSA) is 88.6 Å². The lowest BCUT2D eigenvalue weighted by Gasteiger charge is -2.18. The van der Waals surface area contributed by atoms with Gasteiger partial charge in [0, 0.05) is 29.6 Å². The van der Waals surface area contributed by atoms with Crippen molar-refractivity contribution in [2.75, 3.05) is 25.5 Å². The van der Waals surface area contributed by atoms with Gasteiger partial charge in [-0.2, -0.15) is 4.31 Å². The number of carbonyl (C=O) groups is 1. The summed E-state index contributed by atoms with van der Waals surface area (Å²) in [6.07, 6.45) is 0.